The van der Waals surface area contributed by atoms with Gasteiger partial charge in [-0.2, -0.15) is 5.10 Å². The highest BCUT2D eigenvalue weighted by Crippen LogP contribution is 2.26. The van der Waals surface area contributed by atoms with Gasteiger partial charge < -0.3 is 5.32 Å². The largest absolute Gasteiger partial charge is 0.310 e. The molecule has 0 spiro atoms. The van der Waals surface area contributed by atoms with Crippen molar-refractivity contribution in [1.29, 1.82) is 0 Å². The summed E-state index contributed by atoms with van der Waals surface area (Å²) in [5, 5.41) is 8.05. The molecule has 0 aliphatic heterocycles. The van der Waals surface area contributed by atoms with E-state index in [1.54, 1.807) is 0 Å². The van der Waals surface area contributed by atoms with Crippen molar-refractivity contribution in [2.24, 2.45) is 0 Å². The maximum Gasteiger partial charge on any atom is 0.0571 e. The first-order chi connectivity index (χ1) is 10.2. The topological polar surface area (TPSA) is 29.9 Å². The molecule has 2 rings (SSSR count). The molecule has 0 saturated heterocycles. The summed E-state index contributed by atoms with van der Waals surface area (Å²) in [6.45, 7) is 10.8. The lowest BCUT2D eigenvalue weighted by atomic mass is 10.0. The Morgan fingerprint density at radius 3 is 2.76 bits per heavy atom. The minimum atomic E-state index is 0.385. The third kappa shape index (κ3) is 3.73. The molecular formula is C18H27N3. The Morgan fingerprint density at radius 2 is 2.05 bits per heavy atom. The average Bonchev–Trinajstić information content (AvgIpc) is 2.86. The molecule has 0 fully saturated rings. The summed E-state index contributed by atoms with van der Waals surface area (Å²) in [6, 6.07) is 9.19. The normalized spacial score (nSPS) is 12.6. The van der Waals surface area contributed by atoms with Crippen molar-refractivity contribution < 1.29 is 0 Å². The van der Waals surface area contributed by atoms with Crippen molar-refractivity contribution in [1.82, 2.24) is 15.1 Å². The number of aromatic nitrogens is 2. The summed E-state index contributed by atoms with van der Waals surface area (Å²) in [5.41, 5.74) is 5.09. The quantitative estimate of drug-likeness (QED) is 0.820. The van der Waals surface area contributed by atoms with Gasteiger partial charge in [0.15, 0.2) is 0 Å². The van der Waals surface area contributed by atoms with Crippen LogP contribution in [0.3, 0.4) is 0 Å². The lowest BCUT2D eigenvalue weighted by Gasteiger charge is -2.14. The van der Waals surface area contributed by atoms with Crippen molar-refractivity contribution in [2.75, 3.05) is 6.54 Å². The number of nitrogens with zero attached hydrogens (tertiary/aromatic N) is 2. The molecular weight excluding hydrogens is 258 g/mol. The van der Waals surface area contributed by atoms with Crippen LogP contribution in [0.1, 0.15) is 50.9 Å². The lowest BCUT2D eigenvalue weighted by molar-refractivity contribution is 0.571. The number of hydrogen-bond donors (Lipinski definition) is 1. The van der Waals surface area contributed by atoms with Gasteiger partial charge in [-0.3, -0.25) is 4.68 Å². The Bertz CT molecular complexity index is 572. The second kappa shape index (κ2) is 7.41. The zero-order valence-corrected chi connectivity index (χ0v) is 13.7. The van der Waals surface area contributed by atoms with Crippen molar-refractivity contribution in [3.8, 4) is 11.1 Å². The maximum absolute atomic E-state index is 4.51. The van der Waals surface area contributed by atoms with Gasteiger partial charge in [-0.1, -0.05) is 32.0 Å². The van der Waals surface area contributed by atoms with Gasteiger partial charge in [0.1, 0.15) is 0 Å². The van der Waals surface area contributed by atoms with Crippen LogP contribution in [0, 0.1) is 6.92 Å². The first-order valence-electron chi connectivity index (χ1n) is 8.03. The molecule has 2 aromatic rings. The van der Waals surface area contributed by atoms with E-state index < -0.39 is 0 Å². The summed E-state index contributed by atoms with van der Waals surface area (Å²) in [4.78, 5) is 0. The molecule has 3 nitrogen and oxygen atoms in total. The molecule has 1 N–H and O–H groups in total. The van der Waals surface area contributed by atoms with E-state index in [0.29, 0.717) is 6.04 Å². The van der Waals surface area contributed by atoms with Crippen molar-refractivity contribution >= 4 is 0 Å². The fourth-order valence-electron chi connectivity index (χ4n) is 2.62. The highest BCUT2D eigenvalue weighted by Gasteiger charge is 2.10. The van der Waals surface area contributed by atoms with Crippen LogP contribution < -0.4 is 5.32 Å². The fourth-order valence-corrected chi connectivity index (χ4v) is 2.62. The van der Waals surface area contributed by atoms with Crippen LogP contribution in [0.15, 0.2) is 30.5 Å². The molecule has 3 heteroatoms. The third-order valence-electron chi connectivity index (χ3n) is 3.94. The predicted octanol–water partition coefficient (Wildman–Crippen LogP) is 4.33. The molecule has 0 radical (unpaired) electrons. The molecule has 0 aliphatic carbocycles. The molecule has 0 saturated carbocycles. The summed E-state index contributed by atoms with van der Waals surface area (Å²) in [6.07, 6.45) is 4.27. The standard InChI is InChI=1S/C18H27N3/c1-5-10-19-14(3)16-8-7-9-17(12-16)18-13-20-21(11-6-2)15(18)4/h7-9,12-14,19H,5-6,10-11H2,1-4H3. The van der Waals surface area contributed by atoms with E-state index in [9.17, 15) is 0 Å². The van der Waals surface area contributed by atoms with Crippen LogP contribution in [-0.2, 0) is 6.54 Å². The van der Waals surface area contributed by atoms with Crippen LogP contribution in [0.2, 0.25) is 0 Å². The van der Waals surface area contributed by atoms with Crippen LogP contribution >= 0.6 is 0 Å². The van der Waals surface area contributed by atoms with Gasteiger partial charge in [-0.25, -0.2) is 0 Å². The molecule has 0 bridgehead atoms. The van der Waals surface area contributed by atoms with E-state index in [-0.39, 0.29) is 0 Å². The highest BCUT2D eigenvalue weighted by atomic mass is 15.3. The molecule has 114 valence electrons. The Hall–Kier alpha value is -1.61. The minimum Gasteiger partial charge on any atom is -0.310 e. The first-order valence-corrected chi connectivity index (χ1v) is 8.03. The van der Waals surface area contributed by atoms with E-state index in [1.807, 2.05) is 6.20 Å². The zero-order chi connectivity index (χ0) is 15.2. The third-order valence-corrected chi connectivity index (χ3v) is 3.94. The van der Waals surface area contributed by atoms with Gasteiger partial charge in [0.05, 0.1) is 6.20 Å². The van der Waals surface area contributed by atoms with Gasteiger partial charge >= 0.3 is 0 Å². The predicted molar refractivity (Wildman–Crippen MR) is 89.4 cm³/mol. The van der Waals surface area contributed by atoms with E-state index >= 15 is 0 Å². The Kier molecular flexibility index (Phi) is 5.57. The van der Waals surface area contributed by atoms with Gasteiger partial charge in [0.25, 0.3) is 0 Å². The number of benzene rings is 1. The first kappa shape index (κ1) is 15.8. The van der Waals surface area contributed by atoms with Gasteiger partial charge in [-0.05, 0) is 50.4 Å². The van der Waals surface area contributed by atoms with E-state index in [4.69, 9.17) is 0 Å². The minimum absolute atomic E-state index is 0.385. The van der Waals surface area contributed by atoms with Crippen LogP contribution in [-0.4, -0.2) is 16.3 Å². The summed E-state index contributed by atoms with van der Waals surface area (Å²) in [5.74, 6) is 0. The SMILES string of the molecule is CCCNC(C)c1cccc(-c2cnn(CCC)c2C)c1. The molecule has 1 atom stereocenters. The second-order valence-corrected chi connectivity index (χ2v) is 5.67. The van der Waals surface area contributed by atoms with Crippen LogP contribution in [0.5, 0.6) is 0 Å². The average molecular weight is 285 g/mol. The Morgan fingerprint density at radius 1 is 1.24 bits per heavy atom. The smallest absolute Gasteiger partial charge is 0.0571 e. The number of aryl methyl sites for hydroxylation is 1. The van der Waals surface area contributed by atoms with E-state index in [0.717, 1.165) is 25.9 Å². The Balaban J connectivity index is 2.24. The molecule has 1 unspecified atom stereocenters. The molecule has 1 aromatic carbocycles. The van der Waals surface area contributed by atoms with Crippen molar-refractivity contribution in [2.45, 2.75) is 53.1 Å². The fraction of sp³-hybridized carbons (Fsp3) is 0.500. The van der Waals surface area contributed by atoms with E-state index in [1.165, 1.54) is 22.4 Å². The van der Waals surface area contributed by atoms with Crippen LogP contribution in [0.25, 0.3) is 11.1 Å². The zero-order valence-electron chi connectivity index (χ0n) is 13.7. The van der Waals surface area contributed by atoms with Gasteiger partial charge in [-0.15, -0.1) is 0 Å². The number of nitrogens with one attached hydrogen (secondary N) is 1. The summed E-state index contributed by atoms with van der Waals surface area (Å²) >= 11 is 0. The summed E-state index contributed by atoms with van der Waals surface area (Å²) < 4.78 is 2.10. The van der Waals surface area contributed by atoms with Gasteiger partial charge in [0, 0.05) is 23.8 Å². The number of rotatable bonds is 7. The van der Waals surface area contributed by atoms with E-state index in [2.05, 4.69) is 67.1 Å². The Labute approximate surface area is 128 Å². The maximum atomic E-state index is 4.51. The van der Waals surface area contributed by atoms with Gasteiger partial charge in [0.2, 0.25) is 0 Å². The monoisotopic (exact) mass is 285 g/mol. The highest BCUT2D eigenvalue weighted by molar-refractivity contribution is 5.66. The van der Waals surface area contributed by atoms with Crippen molar-refractivity contribution in [3.63, 3.8) is 0 Å². The second-order valence-electron chi connectivity index (χ2n) is 5.67. The molecule has 0 aliphatic rings. The van der Waals surface area contributed by atoms with Crippen molar-refractivity contribution in [3.05, 3.63) is 41.7 Å². The molecule has 1 aromatic heterocycles. The number of hydrogen-bond acceptors (Lipinski definition) is 2. The lowest BCUT2D eigenvalue weighted by Crippen LogP contribution is -2.19. The van der Waals surface area contributed by atoms with Crippen LogP contribution in [0.4, 0.5) is 0 Å². The molecule has 1 heterocycles. The molecule has 21 heavy (non-hydrogen) atoms. The molecule has 0 amide bonds. The summed E-state index contributed by atoms with van der Waals surface area (Å²) in [7, 11) is 0.